The van der Waals surface area contributed by atoms with Gasteiger partial charge in [0.05, 0.1) is 16.6 Å². The van der Waals surface area contributed by atoms with Gasteiger partial charge >= 0.3 is 4.87 Å². The standard InChI is InChI=1S/C28H20BrClN2O4S2/c1-14-4-2-3-5-15(14)13-36-20-11-6-16(29)12-19(20)21-22-24(37-25-23(21)38-28(35)31-25)27(34)32(26(22)33)18-9-7-17(30)8-10-18/h2-12,21-22,24H,13H2,1H3,(H,31,35)/t21-,22?,24?/m1/s1. The molecule has 0 aliphatic carbocycles. The molecule has 1 aromatic heterocycles. The number of H-pyrrole nitrogens is 1. The maximum absolute atomic E-state index is 14.0. The van der Waals surface area contributed by atoms with Crippen molar-refractivity contribution < 1.29 is 14.3 Å². The van der Waals surface area contributed by atoms with E-state index in [9.17, 15) is 14.4 Å². The zero-order chi connectivity index (χ0) is 26.6. The minimum Gasteiger partial charge on any atom is -0.489 e. The van der Waals surface area contributed by atoms with E-state index in [0.29, 0.717) is 28.1 Å². The number of hydrogen-bond acceptors (Lipinski definition) is 6. The molecule has 2 aliphatic heterocycles. The third-order valence-corrected chi connectivity index (χ3v) is 10.0. The van der Waals surface area contributed by atoms with Crippen LogP contribution in [0, 0.1) is 12.8 Å². The first-order valence-electron chi connectivity index (χ1n) is 11.8. The fraction of sp³-hybridized carbons (Fsp3) is 0.179. The number of imide groups is 1. The highest BCUT2D eigenvalue weighted by Crippen LogP contribution is 2.54. The Balaban J connectivity index is 1.45. The van der Waals surface area contributed by atoms with E-state index in [1.165, 1.54) is 16.7 Å². The minimum absolute atomic E-state index is 0.223. The summed E-state index contributed by atoms with van der Waals surface area (Å²) in [6, 6.07) is 20.3. The van der Waals surface area contributed by atoms with Crippen LogP contribution in [0.25, 0.3) is 0 Å². The first-order valence-corrected chi connectivity index (χ1v) is 14.7. The highest BCUT2D eigenvalue weighted by molar-refractivity contribution is 9.10. The summed E-state index contributed by atoms with van der Waals surface area (Å²) in [5, 5.41) is 0.446. The number of thiazole rings is 1. The number of hydrogen-bond donors (Lipinski definition) is 1. The molecular weight excluding hydrogens is 608 g/mol. The number of anilines is 1. The lowest BCUT2D eigenvalue weighted by Gasteiger charge is -2.31. The summed E-state index contributed by atoms with van der Waals surface area (Å²) >= 11 is 11.9. The fourth-order valence-corrected chi connectivity index (χ4v) is 8.03. The topological polar surface area (TPSA) is 79.5 Å². The van der Waals surface area contributed by atoms with Gasteiger partial charge in [0, 0.05) is 25.9 Å². The maximum atomic E-state index is 14.0. The SMILES string of the molecule is Cc1ccccc1COc1ccc(Br)cc1[C@H]1c2sc(=O)[nH]c2SC2C(=O)N(c3ccc(Cl)cc3)C(=O)C21. The lowest BCUT2D eigenvalue weighted by atomic mass is 9.82. The number of benzene rings is 3. The van der Waals surface area contributed by atoms with Crippen LogP contribution in [-0.2, 0) is 16.2 Å². The van der Waals surface area contributed by atoms with Gasteiger partial charge in [0.2, 0.25) is 11.8 Å². The Morgan fingerprint density at radius 2 is 1.79 bits per heavy atom. The van der Waals surface area contributed by atoms with Gasteiger partial charge in [-0.05, 0) is 60.5 Å². The summed E-state index contributed by atoms with van der Waals surface area (Å²) in [5.74, 6) is -1.27. The lowest BCUT2D eigenvalue weighted by Crippen LogP contribution is -2.32. The molecule has 3 atom stereocenters. The molecule has 0 radical (unpaired) electrons. The minimum atomic E-state index is -0.711. The number of aromatic amines is 1. The molecule has 1 saturated heterocycles. The zero-order valence-electron chi connectivity index (χ0n) is 19.9. The third kappa shape index (κ3) is 4.41. The fourth-order valence-electron chi connectivity index (χ4n) is 5.02. The molecule has 38 heavy (non-hydrogen) atoms. The molecule has 1 N–H and O–H groups in total. The average Bonchev–Trinajstić information content (AvgIpc) is 3.39. The van der Waals surface area contributed by atoms with E-state index in [2.05, 4.69) is 20.9 Å². The van der Waals surface area contributed by atoms with Crippen molar-refractivity contribution in [2.75, 3.05) is 4.90 Å². The average molecular weight is 628 g/mol. The molecule has 6 nitrogen and oxygen atoms in total. The summed E-state index contributed by atoms with van der Waals surface area (Å²) in [6.45, 7) is 2.37. The molecule has 192 valence electrons. The van der Waals surface area contributed by atoms with Crippen molar-refractivity contribution in [2.24, 2.45) is 5.92 Å². The van der Waals surface area contributed by atoms with Gasteiger partial charge in [0.25, 0.3) is 0 Å². The molecule has 4 aromatic rings. The molecular formula is C28H20BrClN2O4S2. The van der Waals surface area contributed by atoms with E-state index in [-0.39, 0.29) is 16.7 Å². The highest BCUT2D eigenvalue weighted by Gasteiger charge is 2.56. The van der Waals surface area contributed by atoms with Crippen molar-refractivity contribution in [1.29, 1.82) is 0 Å². The van der Waals surface area contributed by atoms with Gasteiger partial charge in [0.15, 0.2) is 0 Å². The van der Waals surface area contributed by atoms with Crippen LogP contribution in [0.1, 0.15) is 27.5 Å². The number of aryl methyl sites for hydroxylation is 1. The molecule has 2 amide bonds. The van der Waals surface area contributed by atoms with Crippen LogP contribution in [0.4, 0.5) is 5.69 Å². The number of ether oxygens (including phenoxy) is 1. The summed E-state index contributed by atoms with van der Waals surface area (Å²) in [7, 11) is 0. The number of carbonyl (C=O) groups excluding carboxylic acids is 2. The van der Waals surface area contributed by atoms with E-state index in [0.717, 1.165) is 37.4 Å². The quantitative estimate of drug-likeness (QED) is 0.255. The second-order valence-corrected chi connectivity index (χ2v) is 12.7. The van der Waals surface area contributed by atoms with Gasteiger partial charge in [-0.25, -0.2) is 4.90 Å². The van der Waals surface area contributed by atoms with Gasteiger partial charge in [0.1, 0.15) is 17.6 Å². The van der Waals surface area contributed by atoms with Gasteiger partial charge in [-0.2, -0.15) is 0 Å². The van der Waals surface area contributed by atoms with Crippen LogP contribution in [-0.4, -0.2) is 22.0 Å². The number of aromatic nitrogens is 1. The normalized spacial score (nSPS) is 20.4. The molecule has 3 heterocycles. The first kappa shape index (κ1) is 25.4. The number of fused-ring (bicyclic) bond motifs is 2. The van der Waals surface area contributed by atoms with Crippen LogP contribution < -0.4 is 14.5 Å². The van der Waals surface area contributed by atoms with Crippen LogP contribution in [0.3, 0.4) is 0 Å². The van der Waals surface area contributed by atoms with Crippen molar-refractivity contribution in [3.05, 3.63) is 107 Å². The third-order valence-electron chi connectivity index (χ3n) is 6.86. The molecule has 10 heteroatoms. The Morgan fingerprint density at radius 3 is 2.55 bits per heavy atom. The van der Waals surface area contributed by atoms with Crippen molar-refractivity contribution in [3.63, 3.8) is 0 Å². The Kier molecular flexibility index (Phi) is 6.72. The molecule has 6 rings (SSSR count). The molecule has 0 bridgehead atoms. The monoisotopic (exact) mass is 626 g/mol. The van der Waals surface area contributed by atoms with Crippen LogP contribution in [0.5, 0.6) is 5.75 Å². The van der Waals surface area contributed by atoms with E-state index in [1.54, 1.807) is 24.3 Å². The molecule has 2 aliphatic rings. The zero-order valence-corrected chi connectivity index (χ0v) is 23.9. The van der Waals surface area contributed by atoms with E-state index in [1.807, 2.05) is 49.4 Å². The van der Waals surface area contributed by atoms with Crippen molar-refractivity contribution >= 4 is 68.1 Å². The second-order valence-electron chi connectivity index (χ2n) is 9.14. The van der Waals surface area contributed by atoms with Crippen molar-refractivity contribution in [3.8, 4) is 5.75 Å². The molecule has 0 saturated carbocycles. The first-order chi connectivity index (χ1) is 18.3. The van der Waals surface area contributed by atoms with Gasteiger partial charge in [-0.3, -0.25) is 14.4 Å². The van der Waals surface area contributed by atoms with Gasteiger partial charge in [-0.1, -0.05) is 74.9 Å². The number of amides is 2. The Labute approximate surface area is 240 Å². The summed E-state index contributed by atoms with van der Waals surface area (Å²) < 4.78 is 7.14. The van der Waals surface area contributed by atoms with Gasteiger partial charge in [-0.15, -0.1) is 0 Å². The molecule has 0 spiro atoms. The van der Waals surface area contributed by atoms with Crippen molar-refractivity contribution in [1.82, 2.24) is 4.98 Å². The van der Waals surface area contributed by atoms with E-state index < -0.39 is 17.1 Å². The number of halogens is 2. The smallest absolute Gasteiger partial charge is 0.305 e. The van der Waals surface area contributed by atoms with Crippen LogP contribution in [0.2, 0.25) is 5.02 Å². The van der Waals surface area contributed by atoms with Crippen molar-refractivity contribution in [2.45, 2.75) is 29.7 Å². The predicted octanol–water partition coefficient (Wildman–Crippen LogP) is 6.54. The number of carbonyl (C=O) groups is 2. The largest absolute Gasteiger partial charge is 0.489 e. The van der Waals surface area contributed by atoms with Gasteiger partial charge < -0.3 is 9.72 Å². The number of nitrogens with one attached hydrogen (secondary N) is 1. The lowest BCUT2D eigenvalue weighted by molar-refractivity contribution is -0.122. The molecule has 1 fully saturated rings. The summed E-state index contributed by atoms with van der Waals surface area (Å²) in [6.07, 6.45) is 0. The summed E-state index contributed by atoms with van der Waals surface area (Å²) in [4.78, 5) is 44.7. The summed E-state index contributed by atoms with van der Waals surface area (Å²) in [5.41, 5.74) is 3.38. The molecule has 3 aromatic carbocycles. The Hall–Kier alpha value is -2.85. The maximum Gasteiger partial charge on any atom is 0.305 e. The number of rotatable bonds is 5. The number of nitrogens with zero attached hydrogens (tertiary/aromatic N) is 1. The van der Waals surface area contributed by atoms with Crippen LogP contribution >= 0.6 is 50.6 Å². The highest BCUT2D eigenvalue weighted by atomic mass is 79.9. The Bertz CT molecular complexity index is 1630. The Morgan fingerprint density at radius 1 is 1.03 bits per heavy atom. The molecule has 2 unspecified atom stereocenters. The predicted molar refractivity (Wildman–Crippen MR) is 154 cm³/mol. The van der Waals surface area contributed by atoms with E-state index in [4.69, 9.17) is 16.3 Å². The van der Waals surface area contributed by atoms with Crippen LogP contribution in [0.15, 0.2) is 81.0 Å². The second kappa shape index (κ2) is 10.0. The number of thioether (sulfide) groups is 1. The van der Waals surface area contributed by atoms with E-state index >= 15 is 0 Å².